The first kappa shape index (κ1) is 19.9. The molecule has 2 amide bonds. The zero-order chi connectivity index (χ0) is 20.1. The highest BCUT2D eigenvalue weighted by molar-refractivity contribution is 6.09. The largest absolute Gasteiger partial charge is 0.449 e. The monoisotopic (exact) mass is 388 g/mol. The molecule has 152 valence electrons. The number of aromatic nitrogens is 3. The fourth-order valence-electron chi connectivity index (χ4n) is 3.33. The number of hydrogen-bond acceptors (Lipinski definition) is 6. The van der Waals surface area contributed by atoms with Crippen LogP contribution in [-0.4, -0.2) is 76.6 Å². The van der Waals surface area contributed by atoms with Gasteiger partial charge in [0, 0.05) is 39.4 Å². The van der Waals surface area contributed by atoms with Gasteiger partial charge < -0.3 is 24.8 Å². The van der Waals surface area contributed by atoms with E-state index in [1.807, 2.05) is 0 Å². The molecule has 9 nitrogen and oxygen atoms in total. The first-order chi connectivity index (χ1) is 13.5. The van der Waals surface area contributed by atoms with Crippen molar-refractivity contribution in [3.05, 3.63) is 18.1 Å². The quantitative estimate of drug-likeness (QED) is 0.737. The van der Waals surface area contributed by atoms with Gasteiger partial charge in [-0.15, -0.1) is 0 Å². The number of aromatic amines is 1. The van der Waals surface area contributed by atoms with Crippen molar-refractivity contribution >= 4 is 28.9 Å². The lowest BCUT2D eigenvalue weighted by Crippen LogP contribution is -2.45. The molecule has 1 aliphatic rings. The minimum Gasteiger partial charge on any atom is -0.449 e. The average molecular weight is 388 g/mol. The highest BCUT2D eigenvalue weighted by atomic mass is 16.6. The van der Waals surface area contributed by atoms with Gasteiger partial charge in [-0.1, -0.05) is 13.3 Å². The number of rotatable bonds is 6. The number of unbranched alkanes of at least 4 members (excludes halogenated alkanes) is 1. The van der Waals surface area contributed by atoms with Crippen LogP contribution in [0.5, 0.6) is 0 Å². The highest BCUT2D eigenvalue weighted by Gasteiger charge is 2.26. The van der Waals surface area contributed by atoms with Crippen molar-refractivity contribution in [2.24, 2.45) is 0 Å². The number of anilines is 1. The number of fused-ring (bicyclic) bond motifs is 1. The normalized spacial score (nSPS) is 16.8. The maximum atomic E-state index is 12.5. The predicted molar refractivity (Wildman–Crippen MR) is 106 cm³/mol. The van der Waals surface area contributed by atoms with Gasteiger partial charge in [0.25, 0.3) is 5.91 Å². The Morgan fingerprint density at radius 3 is 2.96 bits per heavy atom. The third-order valence-electron chi connectivity index (χ3n) is 4.85. The summed E-state index contributed by atoms with van der Waals surface area (Å²) in [7, 11) is 3.42. The van der Waals surface area contributed by atoms with Gasteiger partial charge in [0.05, 0.1) is 17.6 Å². The summed E-state index contributed by atoms with van der Waals surface area (Å²) in [6, 6.07) is 0.0304. The molecule has 0 bridgehead atoms. The van der Waals surface area contributed by atoms with E-state index in [9.17, 15) is 9.59 Å². The number of nitrogens with one attached hydrogen (secondary N) is 2. The van der Waals surface area contributed by atoms with Crippen LogP contribution in [0.4, 0.5) is 10.6 Å². The number of H-pyrrole nitrogens is 1. The molecule has 0 aromatic carbocycles. The zero-order valence-corrected chi connectivity index (χ0v) is 16.7. The number of carbonyl (C=O) groups is 2. The number of likely N-dealkylation sites (tertiary alicyclic amines) is 1. The third kappa shape index (κ3) is 4.35. The first-order valence-corrected chi connectivity index (χ1v) is 9.73. The number of piperidine rings is 1. The van der Waals surface area contributed by atoms with E-state index in [4.69, 9.17) is 4.74 Å². The molecular formula is C19H28N6O3. The fraction of sp³-hybridized carbons (Fsp3) is 0.579. The van der Waals surface area contributed by atoms with E-state index >= 15 is 0 Å². The molecule has 0 aliphatic carbocycles. The molecular weight excluding hydrogens is 360 g/mol. The van der Waals surface area contributed by atoms with Crippen molar-refractivity contribution < 1.29 is 14.3 Å². The molecule has 2 aromatic heterocycles. The Morgan fingerprint density at radius 1 is 1.39 bits per heavy atom. The molecule has 3 rings (SSSR count). The summed E-state index contributed by atoms with van der Waals surface area (Å²) in [6.45, 7) is 3.75. The second kappa shape index (κ2) is 8.90. The summed E-state index contributed by atoms with van der Waals surface area (Å²) >= 11 is 0. The Hall–Kier alpha value is -2.84. The number of nitrogens with zero attached hydrogens (tertiary/aromatic N) is 4. The third-order valence-corrected chi connectivity index (χ3v) is 4.85. The molecule has 0 saturated carbocycles. The minimum absolute atomic E-state index is 0.0304. The van der Waals surface area contributed by atoms with Gasteiger partial charge >= 0.3 is 6.09 Å². The van der Waals surface area contributed by atoms with E-state index in [0.29, 0.717) is 42.1 Å². The molecule has 1 saturated heterocycles. The molecule has 1 fully saturated rings. The summed E-state index contributed by atoms with van der Waals surface area (Å²) in [5, 5.41) is 4.08. The smallest absolute Gasteiger partial charge is 0.409 e. The van der Waals surface area contributed by atoms with E-state index in [-0.39, 0.29) is 18.0 Å². The van der Waals surface area contributed by atoms with Gasteiger partial charge in [0.1, 0.15) is 17.8 Å². The minimum atomic E-state index is -0.266. The van der Waals surface area contributed by atoms with Crippen molar-refractivity contribution in [2.75, 3.05) is 39.1 Å². The second-order valence-electron chi connectivity index (χ2n) is 7.25. The lowest BCUT2D eigenvalue weighted by Gasteiger charge is -2.32. The number of ether oxygens (including phenoxy) is 1. The van der Waals surface area contributed by atoms with Gasteiger partial charge in [-0.2, -0.15) is 0 Å². The Labute approximate surface area is 164 Å². The SMILES string of the molecule is CCCCOC(=O)N1CCCC(Nc2ncnc3[nH]cc(C(=O)N(C)C)c23)C1. The fourth-order valence-corrected chi connectivity index (χ4v) is 3.33. The van der Waals surface area contributed by atoms with Crippen molar-refractivity contribution in [1.29, 1.82) is 0 Å². The van der Waals surface area contributed by atoms with E-state index in [1.54, 1.807) is 25.2 Å². The van der Waals surface area contributed by atoms with Crippen molar-refractivity contribution in [1.82, 2.24) is 24.8 Å². The molecule has 28 heavy (non-hydrogen) atoms. The van der Waals surface area contributed by atoms with E-state index in [1.165, 1.54) is 11.2 Å². The Balaban J connectivity index is 1.74. The summed E-state index contributed by atoms with van der Waals surface area (Å²) < 4.78 is 5.33. The number of carbonyl (C=O) groups excluding carboxylic acids is 2. The molecule has 0 radical (unpaired) electrons. The summed E-state index contributed by atoms with van der Waals surface area (Å²) in [6.07, 6.45) is 6.51. The molecule has 2 aromatic rings. The van der Waals surface area contributed by atoms with Crippen LogP contribution in [0.15, 0.2) is 12.5 Å². The summed E-state index contributed by atoms with van der Waals surface area (Å²) in [5.41, 5.74) is 1.13. The van der Waals surface area contributed by atoms with Crippen LogP contribution in [0.3, 0.4) is 0 Å². The van der Waals surface area contributed by atoms with Crippen LogP contribution >= 0.6 is 0 Å². The maximum absolute atomic E-state index is 12.5. The van der Waals surface area contributed by atoms with Gasteiger partial charge in [-0.25, -0.2) is 14.8 Å². The molecule has 1 atom stereocenters. The summed E-state index contributed by atoms with van der Waals surface area (Å²) in [4.78, 5) is 39.6. The summed E-state index contributed by atoms with van der Waals surface area (Å²) in [5.74, 6) is 0.483. The van der Waals surface area contributed by atoms with Gasteiger partial charge in [-0.05, 0) is 19.3 Å². The maximum Gasteiger partial charge on any atom is 0.409 e. The highest BCUT2D eigenvalue weighted by Crippen LogP contribution is 2.26. The molecule has 9 heteroatoms. The van der Waals surface area contributed by atoms with E-state index < -0.39 is 0 Å². The van der Waals surface area contributed by atoms with Crippen LogP contribution in [0.25, 0.3) is 11.0 Å². The second-order valence-corrected chi connectivity index (χ2v) is 7.25. The number of amides is 2. The Bertz CT molecular complexity index is 834. The molecule has 1 aliphatic heterocycles. The Morgan fingerprint density at radius 2 is 2.21 bits per heavy atom. The topological polar surface area (TPSA) is 103 Å². The van der Waals surface area contributed by atoms with E-state index in [0.717, 1.165) is 25.7 Å². The number of hydrogen-bond donors (Lipinski definition) is 2. The lowest BCUT2D eigenvalue weighted by molar-refractivity contribution is 0.0829. The van der Waals surface area contributed by atoms with Crippen LogP contribution in [-0.2, 0) is 4.74 Å². The van der Waals surface area contributed by atoms with Gasteiger partial charge in [0.2, 0.25) is 0 Å². The van der Waals surface area contributed by atoms with Crippen molar-refractivity contribution in [3.63, 3.8) is 0 Å². The molecule has 3 heterocycles. The molecule has 1 unspecified atom stereocenters. The lowest BCUT2D eigenvalue weighted by atomic mass is 10.1. The predicted octanol–water partition coefficient (Wildman–Crippen LogP) is 2.47. The van der Waals surface area contributed by atoms with E-state index in [2.05, 4.69) is 27.2 Å². The standard InChI is InChI=1S/C19H28N6O3/c1-4-5-9-28-19(27)25-8-6-7-13(11-25)23-17-15-14(18(26)24(2)3)10-20-16(15)21-12-22-17/h10,12-13H,4-9,11H2,1-3H3,(H2,20,21,22,23). The molecule has 2 N–H and O–H groups in total. The van der Waals surface area contributed by atoms with Gasteiger partial charge in [0.15, 0.2) is 0 Å². The van der Waals surface area contributed by atoms with Crippen LogP contribution in [0.2, 0.25) is 0 Å². The zero-order valence-electron chi connectivity index (χ0n) is 16.7. The average Bonchev–Trinajstić information content (AvgIpc) is 3.13. The van der Waals surface area contributed by atoms with Crippen LogP contribution < -0.4 is 5.32 Å². The van der Waals surface area contributed by atoms with Crippen molar-refractivity contribution in [2.45, 2.75) is 38.6 Å². The Kier molecular flexibility index (Phi) is 6.33. The first-order valence-electron chi connectivity index (χ1n) is 9.73. The van der Waals surface area contributed by atoms with Crippen molar-refractivity contribution in [3.8, 4) is 0 Å². The molecule has 0 spiro atoms. The van der Waals surface area contributed by atoms with Gasteiger partial charge in [-0.3, -0.25) is 4.79 Å². The van der Waals surface area contributed by atoms with Crippen LogP contribution in [0, 0.1) is 0 Å². The van der Waals surface area contributed by atoms with Crippen LogP contribution in [0.1, 0.15) is 43.0 Å².